The maximum absolute atomic E-state index is 13.3. The minimum Gasteiger partial charge on any atom is -0.395 e. The average molecular weight is 382 g/mol. The zero-order valence-corrected chi connectivity index (χ0v) is 15.5. The summed E-state index contributed by atoms with van der Waals surface area (Å²) >= 11 is 0. The molecule has 0 aliphatic carbocycles. The van der Waals surface area contributed by atoms with Crippen molar-refractivity contribution in [3.8, 4) is 0 Å². The Morgan fingerprint density at radius 1 is 0.963 bits per heavy atom. The molecule has 2 aliphatic heterocycles. The second-order valence-electron chi connectivity index (χ2n) is 7.14. The number of rotatable bonds is 4. The van der Waals surface area contributed by atoms with Gasteiger partial charge in [0, 0.05) is 70.0 Å². The SMILES string of the molecule is O=C(NCCO)N1CCCN(c2ccc(N3CCC(F)(F)CC3)cc2)CC1. The molecule has 0 bridgehead atoms. The molecule has 0 spiro atoms. The highest BCUT2D eigenvalue weighted by Gasteiger charge is 2.34. The Labute approximate surface area is 158 Å². The average Bonchev–Trinajstić information content (AvgIpc) is 2.93. The van der Waals surface area contributed by atoms with Crippen LogP contribution in [0.3, 0.4) is 0 Å². The first-order chi connectivity index (χ1) is 13.0. The Bertz CT molecular complexity index is 617. The molecule has 2 aliphatic rings. The third-order valence-corrected chi connectivity index (χ3v) is 5.25. The molecular formula is C19H28F2N4O2. The quantitative estimate of drug-likeness (QED) is 0.838. The summed E-state index contributed by atoms with van der Waals surface area (Å²) in [5.74, 6) is -2.53. The minimum absolute atomic E-state index is 0.0628. The fourth-order valence-electron chi connectivity index (χ4n) is 3.62. The first-order valence-corrected chi connectivity index (χ1v) is 9.60. The molecule has 2 saturated heterocycles. The van der Waals surface area contributed by atoms with Gasteiger partial charge < -0.3 is 25.1 Å². The maximum atomic E-state index is 13.3. The zero-order chi connectivity index (χ0) is 19.3. The summed E-state index contributed by atoms with van der Waals surface area (Å²) in [5.41, 5.74) is 2.06. The Hall–Kier alpha value is -2.09. The van der Waals surface area contributed by atoms with Crippen molar-refractivity contribution in [1.82, 2.24) is 10.2 Å². The summed E-state index contributed by atoms with van der Waals surface area (Å²) in [6.07, 6.45) is 0.694. The predicted octanol–water partition coefficient (Wildman–Crippen LogP) is 2.14. The lowest BCUT2D eigenvalue weighted by Gasteiger charge is -2.33. The van der Waals surface area contributed by atoms with Crippen LogP contribution in [-0.4, -0.2) is 74.4 Å². The number of hydrogen-bond acceptors (Lipinski definition) is 4. The topological polar surface area (TPSA) is 59.1 Å². The van der Waals surface area contributed by atoms with Gasteiger partial charge in [-0.2, -0.15) is 0 Å². The number of nitrogens with zero attached hydrogens (tertiary/aromatic N) is 3. The summed E-state index contributed by atoms with van der Waals surface area (Å²) in [5, 5.41) is 11.5. The van der Waals surface area contributed by atoms with Crippen LogP contribution in [0.25, 0.3) is 0 Å². The Morgan fingerprint density at radius 2 is 1.56 bits per heavy atom. The van der Waals surface area contributed by atoms with Gasteiger partial charge >= 0.3 is 6.03 Å². The Kier molecular flexibility index (Phi) is 6.36. The van der Waals surface area contributed by atoms with E-state index in [0.717, 1.165) is 30.9 Å². The molecule has 0 saturated carbocycles. The number of aliphatic hydroxyl groups excluding tert-OH is 1. The number of benzene rings is 1. The molecule has 1 aromatic rings. The van der Waals surface area contributed by atoms with Crippen LogP contribution >= 0.6 is 0 Å². The number of carbonyl (C=O) groups is 1. The van der Waals surface area contributed by atoms with Crippen molar-refractivity contribution in [3.05, 3.63) is 24.3 Å². The molecule has 150 valence electrons. The van der Waals surface area contributed by atoms with E-state index >= 15 is 0 Å². The number of hydrogen-bond donors (Lipinski definition) is 2. The molecule has 2 heterocycles. The number of urea groups is 1. The van der Waals surface area contributed by atoms with Gasteiger partial charge in [0.05, 0.1) is 6.61 Å². The van der Waals surface area contributed by atoms with Crippen molar-refractivity contribution < 1.29 is 18.7 Å². The molecule has 0 aromatic heterocycles. The summed E-state index contributed by atoms with van der Waals surface area (Å²) in [6.45, 7) is 3.88. The van der Waals surface area contributed by atoms with E-state index in [1.54, 1.807) is 4.90 Å². The van der Waals surface area contributed by atoms with Crippen molar-refractivity contribution in [3.63, 3.8) is 0 Å². The molecule has 0 atom stereocenters. The van der Waals surface area contributed by atoms with Gasteiger partial charge in [-0.05, 0) is 30.7 Å². The third kappa shape index (κ3) is 5.22. The van der Waals surface area contributed by atoms with E-state index in [-0.39, 0.29) is 32.0 Å². The van der Waals surface area contributed by atoms with Crippen molar-refractivity contribution in [2.24, 2.45) is 0 Å². The van der Waals surface area contributed by atoms with Crippen LogP contribution in [-0.2, 0) is 0 Å². The smallest absolute Gasteiger partial charge is 0.317 e. The number of alkyl halides is 2. The molecule has 3 rings (SSSR count). The lowest BCUT2D eigenvalue weighted by molar-refractivity contribution is -0.0220. The number of carbonyl (C=O) groups excluding carboxylic acids is 1. The molecule has 8 heteroatoms. The van der Waals surface area contributed by atoms with Crippen molar-refractivity contribution >= 4 is 17.4 Å². The zero-order valence-electron chi connectivity index (χ0n) is 15.5. The van der Waals surface area contributed by atoms with Crippen LogP contribution in [0.15, 0.2) is 24.3 Å². The molecule has 2 amide bonds. The van der Waals surface area contributed by atoms with Gasteiger partial charge in [-0.1, -0.05) is 0 Å². The van der Waals surface area contributed by atoms with Crippen LogP contribution in [0.2, 0.25) is 0 Å². The van der Waals surface area contributed by atoms with Gasteiger partial charge in [0.15, 0.2) is 0 Å². The van der Waals surface area contributed by atoms with Crippen LogP contribution < -0.4 is 15.1 Å². The molecule has 27 heavy (non-hydrogen) atoms. The predicted molar refractivity (Wildman–Crippen MR) is 102 cm³/mol. The molecule has 0 radical (unpaired) electrons. The molecule has 0 unspecified atom stereocenters. The molecular weight excluding hydrogens is 354 g/mol. The highest BCUT2D eigenvalue weighted by Crippen LogP contribution is 2.31. The van der Waals surface area contributed by atoms with Crippen LogP contribution in [0.1, 0.15) is 19.3 Å². The second kappa shape index (κ2) is 8.73. The van der Waals surface area contributed by atoms with E-state index in [1.165, 1.54) is 0 Å². The van der Waals surface area contributed by atoms with Gasteiger partial charge in [0.1, 0.15) is 0 Å². The van der Waals surface area contributed by atoms with E-state index < -0.39 is 5.92 Å². The summed E-state index contributed by atoms with van der Waals surface area (Å²) < 4.78 is 26.6. The number of anilines is 2. The highest BCUT2D eigenvalue weighted by molar-refractivity contribution is 5.74. The summed E-state index contributed by atoms with van der Waals surface area (Å²) in [4.78, 5) is 18.1. The third-order valence-electron chi connectivity index (χ3n) is 5.25. The van der Waals surface area contributed by atoms with Gasteiger partial charge in [-0.3, -0.25) is 0 Å². The highest BCUT2D eigenvalue weighted by atomic mass is 19.3. The molecule has 1 aromatic carbocycles. The maximum Gasteiger partial charge on any atom is 0.317 e. The lowest BCUT2D eigenvalue weighted by Crippen LogP contribution is -2.43. The minimum atomic E-state index is -2.53. The van der Waals surface area contributed by atoms with Gasteiger partial charge in [0.25, 0.3) is 5.92 Å². The van der Waals surface area contributed by atoms with Gasteiger partial charge in [-0.25, -0.2) is 13.6 Å². The van der Waals surface area contributed by atoms with E-state index in [0.29, 0.717) is 26.2 Å². The van der Waals surface area contributed by atoms with E-state index in [2.05, 4.69) is 10.2 Å². The molecule has 2 N–H and O–H groups in total. The Morgan fingerprint density at radius 3 is 2.15 bits per heavy atom. The van der Waals surface area contributed by atoms with E-state index in [9.17, 15) is 13.6 Å². The second-order valence-corrected chi connectivity index (χ2v) is 7.14. The fourth-order valence-corrected chi connectivity index (χ4v) is 3.62. The molecule has 6 nitrogen and oxygen atoms in total. The standard InChI is InChI=1S/C19H28F2N4O2/c20-19(21)6-11-24(12-7-19)17-4-2-16(3-5-17)23-9-1-10-25(14-13-23)18(27)22-8-15-26/h2-5,26H,1,6-15H2,(H,22,27). The van der Waals surface area contributed by atoms with Crippen molar-refractivity contribution in [1.29, 1.82) is 0 Å². The van der Waals surface area contributed by atoms with E-state index in [1.807, 2.05) is 29.2 Å². The normalized spacial score (nSPS) is 20.3. The summed E-state index contributed by atoms with van der Waals surface area (Å²) in [6, 6.07) is 7.92. The first-order valence-electron chi connectivity index (χ1n) is 9.60. The number of nitrogens with one attached hydrogen (secondary N) is 1. The molecule has 2 fully saturated rings. The number of halogens is 2. The van der Waals surface area contributed by atoms with Crippen LogP contribution in [0, 0.1) is 0 Å². The fraction of sp³-hybridized carbons (Fsp3) is 0.632. The van der Waals surface area contributed by atoms with Crippen molar-refractivity contribution in [2.75, 3.05) is 62.2 Å². The van der Waals surface area contributed by atoms with Gasteiger partial charge in [-0.15, -0.1) is 0 Å². The summed E-state index contributed by atoms with van der Waals surface area (Å²) in [7, 11) is 0. The van der Waals surface area contributed by atoms with Crippen molar-refractivity contribution in [2.45, 2.75) is 25.2 Å². The lowest BCUT2D eigenvalue weighted by atomic mass is 10.1. The van der Waals surface area contributed by atoms with E-state index in [4.69, 9.17) is 5.11 Å². The number of aliphatic hydroxyl groups is 1. The first kappa shape index (κ1) is 19.7. The monoisotopic (exact) mass is 382 g/mol. The number of piperidine rings is 1. The van der Waals surface area contributed by atoms with Crippen LogP contribution in [0.5, 0.6) is 0 Å². The van der Waals surface area contributed by atoms with Gasteiger partial charge in [0.2, 0.25) is 0 Å². The largest absolute Gasteiger partial charge is 0.395 e. The Balaban J connectivity index is 1.55. The number of amides is 2. The van der Waals surface area contributed by atoms with Crippen LogP contribution in [0.4, 0.5) is 25.0 Å².